The van der Waals surface area contributed by atoms with E-state index in [0.717, 1.165) is 24.3 Å². The first-order valence-corrected chi connectivity index (χ1v) is 19.9. The molecule has 5 aromatic rings. The number of benzene rings is 5. The Morgan fingerprint density at radius 3 is 2.02 bits per heavy atom. The Kier molecular flexibility index (Phi) is 11.4. The molecule has 5 rings (SSSR count). The summed E-state index contributed by atoms with van der Waals surface area (Å²) >= 11 is 0. The predicted octanol–water partition coefficient (Wildman–Crippen LogP) is 6.32. The van der Waals surface area contributed by atoms with Crippen molar-refractivity contribution in [2.75, 3.05) is 18.9 Å². The molecule has 0 saturated heterocycles. The van der Waals surface area contributed by atoms with Gasteiger partial charge in [0.1, 0.15) is 38.4 Å². The number of hydrogen-bond acceptors (Lipinski definition) is 15. The molecule has 2 unspecified atom stereocenters. The molecule has 0 aliphatic rings. The number of ether oxygens (including phenoxy) is 2. The van der Waals surface area contributed by atoms with E-state index in [2.05, 4.69) is 20.5 Å². The van der Waals surface area contributed by atoms with E-state index in [4.69, 9.17) is 15.2 Å². The number of azo groups is 2. The second kappa shape index (κ2) is 15.3. The van der Waals surface area contributed by atoms with Crippen molar-refractivity contribution in [3.05, 3.63) is 72.3 Å². The first kappa shape index (κ1) is 40.1. The lowest BCUT2D eigenvalue weighted by Gasteiger charge is -2.17. The highest BCUT2D eigenvalue weighted by Gasteiger charge is 2.24. The molecule has 0 saturated carbocycles. The van der Waals surface area contributed by atoms with Crippen molar-refractivity contribution in [3.8, 4) is 11.5 Å². The second-order valence-electron chi connectivity index (χ2n) is 12.1. The molecule has 0 fully saturated rings. The third kappa shape index (κ3) is 9.14. The van der Waals surface area contributed by atoms with E-state index in [1.54, 1.807) is 13.8 Å². The normalized spacial score (nSPS) is 14.0. The minimum Gasteiger partial charge on any atom is -0.505 e. The van der Waals surface area contributed by atoms with Gasteiger partial charge in [0.15, 0.2) is 5.75 Å². The lowest BCUT2D eigenvalue weighted by atomic mass is 10.1. The van der Waals surface area contributed by atoms with Crippen LogP contribution in [0.5, 0.6) is 11.5 Å². The molecule has 0 bridgehead atoms. The highest BCUT2D eigenvalue weighted by atomic mass is 32.2. The van der Waals surface area contributed by atoms with Crippen molar-refractivity contribution in [3.63, 3.8) is 0 Å². The van der Waals surface area contributed by atoms with Gasteiger partial charge in [-0.3, -0.25) is 13.7 Å². The van der Waals surface area contributed by atoms with E-state index in [9.17, 15) is 49.1 Å². The summed E-state index contributed by atoms with van der Waals surface area (Å²) in [5.74, 6) is -0.650. The molecule has 7 N–H and O–H groups in total. The quantitative estimate of drug-likeness (QED) is 0.0431. The van der Waals surface area contributed by atoms with Crippen molar-refractivity contribution in [1.29, 1.82) is 0 Å². The van der Waals surface area contributed by atoms with E-state index in [0.29, 0.717) is 5.56 Å². The summed E-state index contributed by atoms with van der Waals surface area (Å²) in [5, 5.41) is 36.8. The number of phenols is 1. The molecule has 0 radical (unpaired) electrons. The van der Waals surface area contributed by atoms with Crippen molar-refractivity contribution in [2.24, 2.45) is 20.5 Å². The Morgan fingerprint density at radius 1 is 0.704 bits per heavy atom. The zero-order chi connectivity index (χ0) is 39.7. The molecular formula is C33H33N5O13S3. The molecule has 5 aromatic carbocycles. The Hall–Kier alpha value is -5.13. The van der Waals surface area contributed by atoms with Crippen molar-refractivity contribution >= 4 is 80.3 Å². The number of nitrogens with zero attached hydrogens (tertiary/aromatic N) is 4. The molecule has 54 heavy (non-hydrogen) atoms. The molecule has 0 aliphatic heterocycles. The van der Waals surface area contributed by atoms with Crippen LogP contribution < -0.4 is 10.5 Å². The van der Waals surface area contributed by atoms with Gasteiger partial charge in [0.05, 0.1) is 30.2 Å². The first-order valence-electron chi connectivity index (χ1n) is 15.6. The molecule has 18 nitrogen and oxygen atoms in total. The maximum Gasteiger partial charge on any atom is 0.296 e. The van der Waals surface area contributed by atoms with Crippen LogP contribution >= 0.6 is 0 Å². The number of aliphatic hydroxyl groups excluding tert-OH is 1. The fraction of sp³-hybridized carbons (Fsp3) is 0.212. The Balaban J connectivity index is 1.63. The number of nitrogens with two attached hydrogens (primary N) is 1. The number of aromatic hydroxyl groups is 1. The van der Waals surface area contributed by atoms with Gasteiger partial charge in [-0.2, -0.15) is 35.5 Å². The lowest BCUT2D eigenvalue weighted by molar-refractivity contribution is -0.0131. The van der Waals surface area contributed by atoms with Gasteiger partial charge in [-0.15, -0.1) is 10.2 Å². The minimum atomic E-state index is -4.95. The summed E-state index contributed by atoms with van der Waals surface area (Å²) in [4.78, 5) is -2.11. The third-order valence-corrected chi connectivity index (χ3v) is 10.4. The van der Waals surface area contributed by atoms with Crippen LogP contribution in [0.4, 0.5) is 28.4 Å². The summed E-state index contributed by atoms with van der Waals surface area (Å²) in [5.41, 5.74) is 5.67. The van der Waals surface area contributed by atoms with E-state index in [1.165, 1.54) is 49.4 Å². The van der Waals surface area contributed by atoms with Gasteiger partial charge in [0.25, 0.3) is 30.4 Å². The summed E-state index contributed by atoms with van der Waals surface area (Å²) < 4.78 is 114. The minimum absolute atomic E-state index is 0.00758. The van der Waals surface area contributed by atoms with Crippen LogP contribution in [0.2, 0.25) is 0 Å². The molecular weight excluding hydrogens is 771 g/mol. The van der Waals surface area contributed by atoms with Crippen LogP contribution in [-0.2, 0) is 35.1 Å². The van der Waals surface area contributed by atoms with Gasteiger partial charge in [-0.25, -0.2) is 0 Å². The number of rotatable bonds is 13. The van der Waals surface area contributed by atoms with Gasteiger partial charge < -0.3 is 25.4 Å². The Labute approximate surface area is 308 Å². The van der Waals surface area contributed by atoms with Crippen LogP contribution in [-0.4, -0.2) is 74.5 Å². The van der Waals surface area contributed by atoms with Gasteiger partial charge in [0.2, 0.25) is 0 Å². The zero-order valence-corrected chi connectivity index (χ0v) is 31.0. The molecule has 0 aliphatic carbocycles. The standard InChI is InChI=1S/C33H33N5O13S3/c1-17-9-27(37-38-32-31(54(47,48)49)11-20-10-21(34)7-8-23(20)33(32)40)28(51-16-19(3)50-15-18(2)39)14-26(17)36-35-22-12-25-24(30(13-22)53(44,45)46)5-4-6-29(25)52(41,42)43/h4-14,18-19,39-40H,15-16,34H2,1-3H3,(H,41,42,43)(H,44,45,46)(H,47,48,49). The number of fused-ring (bicyclic) bond motifs is 2. The van der Waals surface area contributed by atoms with Crippen LogP contribution in [0.15, 0.2) is 102 Å². The van der Waals surface area contributed by atoms with E-state index >= 15 is 0 Å². The number of nitrogen functional groups attached to an aromatic ring is 1. The van der Waals surface area contributed by atoms with Crippen LogP contribution in [0.1, 0.15) is 19.4 Å². The van der Waals surface area contributed by atoms with Crippen LogP contribution in [0.25, 0.3) is 21.5 Å². The van der Waals surface area contributed by atoms with Crippen LogP contribution in [0.3, 0.4) is 0 Å². The number of aryl methyl sites for hydroxylation is 1. The van der Waals surface area contributed by atoms with Crippen molar-refractivity contribution in [2.45, 2.75) is 47.7 Å². The maximum atomic E-state index is 12.3. The number of phenolic OH excluding ortho intramolecular Hbond substituents is 1. The topological polar surface area (TPSA) is 297 Å². The number of aliphatic hydroxyl groups is 1. The summed E-state index contributed by atoms with van der Waals surface area (Å²) in [6.45, 7) is 4.62. The molecule has 0 amide bonds. The molecule has 21 heteroatoms. The fourth-order valence-electron chi connectivity index (χ4n) is 5.21. The fourth-order valence-corrected chi connectivity index (χ4v) is 7.29. The first-order chi connectivity index (χ1) is 25.1. The molecule has 0 aromatic heterocycles. The van der Waals surface area contributed by atoms with Crippen molar-refractivity contribution in [1.82, 2.24) is 0 Å². The third-order valence-electron chi connectivity index (χ3n) is 7.72. The van der Waals surface area contributed by atoms with Crippen molar-refractivity contribution < 1.29 is 58.6 Å². The second-order valence-corrected chi connectivity index (χ2v) is 16.3. The smallest absolute Gasteiger partial charge is 0.296 e. The van der Waals surface area contributed by atoms with Gasteiger partial charge in [0, 0.05) is 27.9 Å². The Morgan fingerprint density at radius 2 is 1.37 bits per heavy atom. The lowest BCUT2D eigenvalue weighted by Crippen LogP contribution is -2.22. The SMILES string of the molecule is Cc1cc(N=Nc2c(S(=O)(=O)O)cc3cc(N)ccc3c2O)c(OCC(C)OCC(C)O)cc1N=Nc1cc(S(=O)(=O)O)c2cccc(S(=O)(=O)O)c2c1. The highest BCUT2D eigenvalue weighted by Crippen LogP contribution is 2.44. The average Bonchev–Trinajstić information content (AvgIpc) is 3.07. The predicted molar refractivity (Wildman–Crippen MR) is 196 cm³/mol. The number of anilines is 1. The maximum absolute atomic E-state index is 12.3. The molecule has 0 spiro atoms. The Bertz CT molecular complexity index is 2680. The summed E-state index contributed by atoms with van der Waals surface area (Å²) in [6, 6.07) is 13.6. The van der Waals surface area contributed by atoms with Gasteiger partial charge in [-0.1, -0.05) is 12.1 Å². The monoisotopic (exact) mass is 803 g/mol. The molecule has 286 valence electrons. The van der Waals surface area contributed by atoms with E-state index in [1.807, 2.05) is 0 Å². The molecule has 2 atom stereocenters. The molecule has 0 heterocycles. The number of hydrogen-bond donors (Lipinski definition) is 6. The average molecular weight is 804 g/mol. The van der Waals surface area contributed by atoms with Crippen LogP contribution in [0, 0.1) is 6.92 Å². The van der Waals surface area contributed by atoms with Gasteiger partial charge >= 0.3 is 0 Å². The summed E-state index contributed by atoms with van der Waals surface area (Å²) in [6.07, 6.45) is -1.34. The van der Waals surface area contributed by atoms with E-state index in [-0.39, 0.29) is 63.3 Å². The zero-order valence-electron chi connectivity index (χ0n) is 28.5. The largest absolute Gasteiger partial charge is 0.505 e. The van der Waals surface area contributed by atoms with Gasteiger partial charge in [-0.05, 0) is 80.3 Å². The highest BCUT2D eigenvalue weighted by molar-refractivity contribution is 7.86. The van der Waals surface area contributed by atoms with E-state index < -0.39 is 68.7 Å². The summed E-state index contributed by atoms with van der Waals surface area (Å²) in [7, 11) is -14.7.